The fourth-order valence-corrected chi connectivity index (χ4v) is 11.1. The van der Waals surface area contributed by atoms with Crippen LogP contribution in [0.25, 0.3) is 11.3 Å². The van der Waals surface area contributed by atoms with Crippen molar-refractivity contribution in [2.45, 2.75) is 173 Å². The molecule has 1 amide bonds. The lowest BCUT2D eigenvalue weighted by molar-refractivity contribution is -0.302. The second kappa shape index (κ2) is 24.9. The lowest BCUT2D eigenvalue weighted by Gasteiger charge is -2.47. The Morgan fingerprint density at radius 3 is 2.37 bits per heavy atom. The third-order valence-corrected chi connectivity index (χ3v) is 15.3. The quantitative estimate of drug-likeness (QED) is 0.117. The van der Waals surface area contributed by atoms with E-state index in [9.17, 15) is 29.4 Å². The number of rotatable bonds is 11. The van der Waals surface area contributed by atoms with Crippen molar-refractivity contribution < 1.29 is 62.5 Å². The SMILES string of the molecule is CCC1/C=C(\C)CC(C)CC(OC)C2OC(O)(C(=O)C(=O)N3CCCCC3C(=O)OC(C(C)=CC3CCC(OCc4nc(-c5cccc(OC)c5)c[nH]4)C(OC)C3)C(C)C(O)CC1=O)C(C)CC2OC. The van der Waals surface area contributed by atoms with Crippen LogP contribution in [0.4, 0.5) is 0 Å². The van der Waals surface area contributed by atoms with E-state index < -0.39 is 77.8 Å². The number of methoxy groups -OCH3 is 4. The molecule has 16 heteroatoms. The molecule has 1 aromatic heterocycles. The van der Waals surface area contributed by atoms with E-state index in [0.717, 1.165) is 29.0 Å². The number of benzene rings is 1. The number of amides is 1. The average Bonchev–Trinajstić information content (AvgIpc) is 3.84. The number of ether oxygens (including phenoxy) is 7. The molecular weight excluding hydrogens is 899 g/mol. The highest BCUT2D eigenvalue weighted by molar-refractivity contribution is 6.39. The first kappa shape index (κ1) is 55.0. The number of allylic oxidation sites excluding steroid dienone is 3. The summed E-state index contributed by atoms with van der Waals surface area (Å²) >= 11 is 0. The van der Waals surface area contributed by atoms with E-state index >= 15 is 0 Å². The maximum absolute atomic E-state index is 14.6. The van der Waals surface area contributed by atoms with E-state index in [1.54, 1.807) is 28.1 Å². The number of carbonyl (C=O) groups excluding carboxylic acids is 4. The zero-order valence-corrected chi connectivity index (χ0v) is 43.0. The third-order valence-electron chi connectivity index (χ3n) is 15.3. The smallest absolute Gasteiger partial charge is 0.329 e. The molecule has 0 radical (unpaired) electrons. The van der Waals surface area contributed by atoms with E-state index in [0.29, 0.717) is 56.3 Å². The molecule has 14 unspecified atom stereocenters. The van der Waals surface area contributed by atoms with Gasteiger partial charge in [0.05, 0.1) is 43.3 Å². The van der Waals surface area contributed by atoms with E-state index in [-0.39, 0.29) is 62.2 Å². The van der Waals surface area contributed by atoms with Crippen LogP contribution in [0.5, 0.6) is 5.75 Å². The second-order valence-corrected chi connectivity index (χ2v) is 20.4. The Morgan fingerprint density at radius 2 is 1.67 bits per heavy atom. The summed E-state index contributed by atoms with van der Waals surface area (Å²) in [5.74, 6) is -6.17. The highest BCUT2D eigenvalue weighted by atomic mass is 16.7. The number of imidazole rings is 1. The molecule has 3 aliphatic heterocycles. The van der Waals surface area contributed by atoms with Crippen molar-refractivity contribution in [1.82, 2.24) is 14.9 Å². The molecule has 0 spiro atoms. The molecule has 4 heterocycles. The fraction of sp³-hybridized carbons (Fsp3) is 0.685. The first-order chi connectivity index (χ1) is 33.4. The average molecular weight is 978 g/mol. The predicted molar refractivity (Wildman–Crippen MR) is 261 cm³/mol. The molecule has 1 saturated carbocycles. The Hall–Kier alpha value is -4.29. The monoisotopic (exact) mass is 978 g/mol. The molecule has 4 aliphatic rings. The van der Waals surface area contributed by atoms with Gasteiger partial charge in [-0.3, -0.25) is 14.4 Å². The summed E-state index contributed by atoms with van der Waals surface area (Å²) in [7, 11) is 6.36. The van der Waals surface area contributed by atoms with E-state index in [2.05, 4.69) is 18.0 Å². The number of cyclic esters (lactones) is 1. The number of piperidine rings is 1. The molecule has 16 nitrogen and oxygen atoms in total. The second-order valence-electron chi connectivity index (χ2n) is 20.4. The van der Waals surface area contributed by atoms with E-state index in [1.807, 2.05) is 57.3 Å². The van der Waals surface area contributed by atoms with Crippen LogP contribution in [0.1, 0.15) is 118 Å². The minimum atomic E-state index is -2.52. The van der Waals surface area contributed by atoms with Gasteiger partial charge in [0, 0.05) is 63.8 Å². The lowest BCUT2D eigenvalue weighted by Crippen LogP contribution is -2.64. The van der Waals surface area contributed by atoms with Crippen molar-refractivity contribution in [3.63, 3.8) is 0 Å². The van der Waals surface area contributed by atoms with Gasteiger partial charge in [0.2, 0.25) is 5.79 Å². The lowest BCUT2D eigenvalue weighted by atomic mass is 9.81. The molecule has 2 saturated heterocycles. The van der Waals surface area contributed by atoms with Gasteiger partial charge in [-0.15, -0.1) is 0 Å². The number of carbonyl (C=O) groups is 4. The maximum atomic E-state index is 14.6. The number of nitrogens with one attached hydrogen (secondary N) is 1. The molecular formula is C54H79N3O13. The van der Waals surface area contributed by atoms with Gasteiger partial charge in [-0.2, -0.15) is 0 Å². The topological polar surface area (TPSA) is 205 Å². The van der Waals surface area contributed by atoms with Gasteiger partial charge in [0.25, 0.3) is 11.7 Å². The van der Waals surface area contributed by atoms with Crippen LogP contribution in [0.3, 0.4) is 0 Å². The molecule has 1 aliphatic carbocycles. The standard InChI is InChI=1S/C54H79N3O13/c1-11-37-22-31(2)21-32(3)23-46(66-9)50-47(67-10)25-34(5)54(63,70-50)51(60)52(61)57-20-13-12-17-41(57)53(62)69-49(35(6)42(58)28-43(37)59)33(4)24-36-18-19-44(45(26-36)65-8)68-30-48-55-29-40(56-48)38-15-14-16-39(27-38)64-7/h14-16,22,24,27,29,32,34-37,41-42,44-47,49-50,58,63H,11-13,17-21,23,25-26,28,30H2,1-10H3,(H,55,56)/b31-22+,33-24?. The molecule has 70 heavy (non-hydrogen) atoms. The van der Waals surface area contributed by atoms with Gasteiger partial charge in [-0.1, -0.05) is 57.6 Å². The van der Waals surface area contributed by atoms with Gasteiger partial charge >= 0.3 is 5.97 Å². The largest absolute Gasteiger partial charge is 0.497 e. The first-order valence-corrected chi connectivity index (χ1v) is 25.4. The number of hydrogen-bond acceptors (Lipinski definition) is 14. The van der Waals surface area contributed by atoms with Crippen LogP contribution in [-0.2, 0) is 54.2 Å². The Labute approximate surface area is 414 Å². The number of fused-ring (bicyclic) bond motifs is 3. The number of H-pyrrole nitrogens is 1. The summed E-state index contributed by atoms with van der Waals surface area (Å²) in [5, 5.41) is 24.0. The van der Waals surface area contributed by atoms with Gasteiger partial charge in [-0.05, 0) is 108 Å². The minimum Gasteiger partial charge on any atom is -0.497 e. The van der Waals surface area contributed by atoms with Crippen molar-refractivity contribution in [2.75, 3.05) is 35.0 Å². The number of ketones is 2. The molecule has 388 valence electrons. The summed E-state index contributed by atoms with van der Waals surface area (Å²) in [4.78, 5) is 66.6. The Kier molecular flexibility index (Phi) is 19.6. The van der Waals surface area contributed by atoms with Crippen molar-refractivity contribution in [3.8, 4) is 17.0 Å². The highest BCUT2D eigenvalue weighted by Gasteiger charge is 2.56. The zero-order chi connectivity index (χ0) is 50.9. The highest BCUT2D eigenvalue weighted by Crippen LogP contribution is 2.40. The van der Waals surface area contributed by atoms with Gasteiger partial charge in [-0.25, -0.2) is 9.78 Å². The molecule has 3 fully saturated rings. The van der Waals surface area contributed by atoms with E-state index in [1.165, 1.54) is 19.1 Å². The van der Waals surface area contributed by atoms with Crippen molar-refractivity contribution in [1.29, 1.82) is 0 Å². The van der Waals surface area contributed by atoms with Crippen LogP contribution in [0.15, 0.2) is 53.8 Å². The van der Waals surface area contributed by atoms with Crippen LogP contribution >= 0.6 is 0 Å². The number of esters is 1. The maximum Gasteiger partial charge on any atom is 0.329 e. The molecule has 1 aromatic carbocycles. The summed E-state index contributed by atoms with van der Waals surface area (Å²) in [6.45, 7) is 11.6. The van der Waals surface area contributed by atoms with Crippen LogP contribution in [-0.4, -0.2) is 138 Å². The molecule has 2 bridgehead atoms. The number of aromatic amines is 1. The first-order valence-electron chi connectivity index (χ1n) is 25.4. The van der Waals surface area contributed by atoms with E-state index in [4.69, 9.17) is 38.1 Å². The summed E-state index contributed by atoms with van der Waals surface area (Å²) in [5.41, 5.74) is 3.37. The van der Waals surface area contributed by atoms with Crippen LogP contribution in [0, 0.1) is 29.6 Å². The van der Waals surface area contributed by atoms with Gasteiger partial charge in [0.15, 0.2) is 0 Å². The molecule has 2 aromatic rings. The Morgan fingerprint density at radius 1 is 0.943 bits per heavy atom. The predicted octanol–water partition coefficient (Wildman–Crippen LogP) is 7.10. The number of aromatic nitrogens is 2. The minimum absolute atomic E-state index is 0.00860. The number of aliphatic hydroxyl groups is 2. The fourth-order valence-electron chi connectivity index (χ4n) is 11.1. The third kappa shape index (κ3) is 13.0. The zero-order valence-electron chi connectivity index (χ0n) is 43.0. The van der Waals surface area contributed by atoms with Crippen molar-refractivity contribution >= 4 is 23.4 Å². The van der Waals surface area contributed by atoms with Crippen LogP contribution < -0.4 is 4.74 Å². The normalized spacial score (nSPS) is 35.5. The number of Topliss-reactive ketones (excluding diaryl/α,β-unsaturated/α-hetero) is 2. The van der Waals surface area contributed by atoms with Gasteiger partial charge in [0.1, 0.15) is 42.2 Å². The number of aliphatic hydroxyl groups excluding tert-OH is 1. The van der Waals surface area contributed by atoms with Crippen molar-refractivity contribution in [2.24, 2.45) is 29.6 Å². The molecule has 6 rings (SSSR count). The summed E-state index contributed by atoms with van der Waals surface area (Å²) < 4.78 is 42.3. The molecule has 3 N–H and O–H groups in total. The Balaban J connectivity index is 1.25. The summed E-state index contributed by atoms with van der Waals surface area (Å²) in [6, 6.07) is 6.54. The van der Waals surface area contributed by atoms with Crippen molar-refractivity contribution in [3.05, 3.63) is 59.6 Å². The number of nitrogens with zero attached hydrogens (tertiary/aromatic N) is 2. The number of hydrogen-bond donors (Lipinski definition) is 3. The molecule has 14 atom stereocenters. The Bertz CT molecular complexity index is 2160. The summed E-state index contributed by atoms with van der Waals surface area (Å²) in [6.07, 6.45) is 6.20. The van der Waals surface area contributed by atoms with Crippen LogP contribution in [0.2, 0.25) is 0 Å². The van der Waals surface area contributed by atoms with Gasteiger partial charge < -0.3 is 53.3 Å².